The second kappa shape index (κ2) is 7.15. The molecule has 1 aliphatic rings. The summed E-state index contributed by atoms with van der Waals surface area (Å²) < 4.78 is 24.9. The summed E-state index contributed by atoms with van der Waals surface area (Å²) >= 11 is 0. The van der Waals surface area contributed by atoms with Crippen LogP contribution in [0, 0.1) is 0 Å². The number of carbonyl (C=O) groups is 1. The summed E-state index contributed by atoms with van der Waals surface area (Å²) in [5.74, 6) is -0.175. The average Bonchev–Trinajstić information content (AvgIpc) is 2.89. The highest BCUT2D eigenvalue weighted by atomic mass is 32.2. The first-order valence-corrected chi connectivity index (χ1v) is 9.55. The maximum atomic E-state index is 12.2. The molecule has 1 aliphatic heterocycles. The van der Waals surface area contributed by atoms with Gasteiger partial charge in [-0.1, -0.05) is 48.5 Å². The first-order chi connectivity index (χ1) is 11.5. The molecule has 2 aromatic carbocycles. The number of sulfonamides is 1. The number of nitrogens with zero attached hydrogens (tertiary/aromatic N) is 1. The lowest BCUT2D eigenvalue weighted by molar-refractivity contribution is -0.116. The molecule has 0 spiro atoms. The van der Waals surface area contributed by atoms with Gasteiger partial charge in [-0.05, 0) is 30.0 Å². The van der Waals surface area contributed by atoms with Crippen LogP contribution in [0.5, 0.6) is 0 Å². The van der Waals surface area contributed by atoms with Crippen molar-refractivity contribution in [2.45, 2.75) is 12.8 Å². The molecule has 3 rings (SSSR count). The van der Waals surface area contributed by atoms with Crippen molar-refractivity contribution in [1.82, 2.24) is 4.31 Å². The van der Waals surface area contributed by atoms with E-state index in [0.29, 0.717) is 19.4 Å². The summed E-state index contributed by atoms with van der Waals surface area (Å²) in [6.45, 7) is 0.295. The molecule has 0 unspecified atom stereocenters. The Balaban J connectivity index is 1.70. The minimum absolute atomic E-state index is 0.123. The third-order valence-corrected chi connectivity index (χ3v) is 5.96. The molecular weight excluding hydrogens is 324 g/mol. The van der Waals surface area contributed by atoms with Crippen LogP contribution >= 0.6 is 0 Å². The maximum Gasteiger partial charge on any atom is 0.239 e. The van der Waals surface area contributed by atoms with Crippen molar-refractivity contribution in [3.8, 4) is 0 Å². The van der Waals surface area contributed by atoms with E-state index >= 15 is 0 Å². The van der Waals surface area contributed by atoms with Gasteiger partial charge < -0.3 is 5.32 Å². The number of anilines is 1. The zero-order chi connectivity index (χ0) is 17.0. The van der Waals surface area contributed by atoms with Crippen molar-refractivity contribution in [3.05, 3.63) is 65.7 Å². The number of para-hydroxylation sites is 1. The van der Waals surface area contributed by atoms with Gasteiger partial charge in [-0.3, -0.25) is 4.79 Å². The highest BCUT2D eigenvalue weighted by molar-refractivity contribution is 7.89. The largest absolute Gasteiger partial charge is 0.325 e. The first-order valence-electron chi connectivity index (χ1n) is 7.94. The Morgan fingerprint density at radius 3 is 2.46 bits per heavy atom. The Kier molecular flexibility index (Phi) is 4.97. The summed E-state index contributed by atoms with van der Waals surface area (Å²) in [6.07, 6.45) is 1.29. The second-order valence-corrected chi connectivity index (χ2v) is 7.96. The number of benzene rings is 2. The monoisotopic (exact) mass is 344 g/mol. The van der Waals surface area contributed by atoms with Crippen LogP contribution in [0.3, 0.4) is 0 Å². The minimum Gasteiger partial charge on any atom is -0.325 e. The average molecular weight is 344 g/mol. The molecule has 126 valence electrons. The molecule has 1 heterocycles. The van der Waals surface area contributed by atoms with E-state index in [0.717, 1.165) is 16.8 Å². The fourth-order valence-corrected chi connectivity index (χ4v) is 4.30. The fraction of sp³-hybridized carbons (Fsp3) is 0.278. The number of carbonyl (C=O) groups excluding carboxylic acids is 1. The van der Waals surface area contributed by atoms with Gasteiger partial charge in [0, 0.05) is 12.2 Å². The van der Waals surface area contributed by atoms with Gasteiger partial charge in [-0.2, -0.15) is 4.31 Å². The number of amides is 1. The number of nitrogens with one attached hydrogen (secondary N) is 1. The Morgan fingerprint density at radius 1 is 1.04 bits per heavy atom. The molecule has 1 N–H and O–H groups in total. The lowest BCUT2D eigenvalue weighted by Crippen LogP contribution is -2.34. The summed E-state index contributed by atoms with van der Waals surface area (Å²) in [4.78, 5) is 12.2. The quantitative estimate of drug-likeness (QED) is 0.905. The molecule has 0 aliphatic carbocycles. The zero-order valence-electron chi connectivity index (χ0n) is 13.3. The van der Waals surface area contributed by atoms with Crippen molar-refractivity contribution in [2.24, 2.45) is 0 Å². The van der Waals surface area contributed by atoms with Crippen LogP contribution in [0.4, 0.5) is 5.69 Å². The molecule has 24 heavy (non-hydrogen) atoms. The van der Waals surface area contributed by atoms with Crippen LogP contribution in [0.15, 0.2) is 54.6 Å². The summed E-state index contributed by atoms with van der Waals surface area (Å²) in [7, 11) is -3.26. The molecule has 5 nitrogen and oxygen atoms in total. The van der Waals surface area contributed by atoms with Gasteiger partial charge >= 0.3 is 0 Å². The van der Waals surface area contributed by atoms with Gasteiger partial charge in [0.05, 0.1) is 12.3 Å². The van der Waals surface area contributed by atoms with E-state index in [1.54, 1.807) is 0 Å². The smallest absolute Gasteiger partial charge is 0.239 e. The van der Waals surface area contributed by atoms with Gasteiger partial charge in [0.1, 0.15) is 0 Å². The van der Waals surface area contributed by atoms with Crippen molar-refractivity contribution >= 4 is 21.6 Å². The van der Waals surface area contributed by atoms with Crippen LogP contribution in [-0.2, 0) is 21.2 Å². The second-order valence-electron chi connectivity index (χ2n) is 5.87. The SMILES string of the molecule is O=C(CN1CCCS1(=O)=O)Nc1ccccc1Cc1ccccc1. The maximum absolute atomic E-state index is 12.2. The topological polar surface area (TPSA) is 66.5 Å². The van der Waals surface area contributed by atoms with Crippen molar-refractivity contribution in [2.75, 3.05) is 24.2 Å². The molecule has 0 atom stereocenters. The molecular formula is C18H20N2O3S. The van der Waals surface area contributed by atoms with Gasteiger partial charge in [0.15, 0.2) is 0 Å². The fourth-order valence-electron chi connectivity index (χ4n) is 2.83. The number of hydrogen-bond acceptors (Lipinski definition) is 3. The van der Waals surface area contributed by atoms with Crippen molar-refractivity contribution in [1.29, 1.82) is 0 Å². The molecule has 2 aromatic rings. The highest BCUT2D eigenvalue weighted by Gasteiger charge is 2.29. The third-order valence-electron chi connectivity index (χ3n) is 4.05. The summed E-state index contributed by atoms with van der Waals surface area (Å²) in [5, 5.41) is 2.85. The molecule has 1 saturated heterocycles. The molecule has 1 amide bonds. The first kappa shape index (κ1) is 16.7. The van der Waals surface area contributed by atoms with E-state index in [2.05, 4.69) is 5.32 Å². The van der Waals surface area contributed by atoms with E-state index < -0.39 is 10.0 Å². The molecule has 6 heteroatoms. The predicted molar refractivity (Wildman–Crippen MR) is 94.3 cm³/mol. The van der Waals surface area contributed by atoms with Gasteiger partial charge in [-0.25, -0.2) is 8.42 Å². The predicted octanol–water partition coefficient (Wildman–Crippen LogP) is 2.25. The van der Waals surface area contributed by atoms with E-state index in [-0.39, 0.29) is 18.2 Å². The van der Waals surface area contributed by atoms with Gasteiger partial charge in [-0.15, -0.1) is 0 Å². The standard InChI is InChI=1S/C18H20N2O3S/c21-18(14-20-11-6-12-24(20,22)23)19-17-10-5-4-9-16(17)13-15-7-2-1-3-8-15/h1-5,7-10H,6,11-14H2,(H,19,21). The Morgan fingerprint density at radius 2 is 1.75 bits per heavy atom. The van der Waals surface area contributed by atoms with Crippen LogP contribution < -0.4 is 5.32 Å². The van der Waals surface area contributed by atoms with E-state index in [1.165, 1.54) is 4.31 Å². The van der Waals surface area contributed by atoms with Crippen LogP contribution in [0.1, 0.15) is 17.5 Å². The number of rotatable bonds is 5. The Hall–Kier alpha value is -2.18. The molecule has 0 radical (unpaired) electrons. The molecule has 0 bridgehead atoms. The molecule has 1 fully saturated rings. The Bertz CT molecular complexity index is 819. The summed E-state index contributed by atoms with van der Waals surface area (Å²) in [5.41, 5.74) is 2.88. The zero-order valence-corrected chi connectivity index (χ0v) is 14.1. The van der Waals surface area contributed by atoms with Crippen LogP contribution in [-0.4, -0.2) is 37.5 Å². The molecule has 0 saturated carbocycles. The van der Waals surface area contributed by atoms with Crippen molar-refractivity contribution < 1.29 is 13.2 Å². The van der Waals surface area contributed by atoms with Crippen LogP contribution in [0.25, 0.3) is 0 Å². The lowest BCUT2D eigenvalue weighted by atomic mass is 10.0. The number of hydrogen-bond donors (Lipinski definition) is 1. The van der Waals surface area contributed by atoms with Gasteiger partial charge in [0.25, 0.3) is 0 Å². The molecule has 0 aromatic heterocycles. The summed E-state index contributed by atoms with van der Waals surface area (Å²) in [6, 6.07) is 17.6. The van der Waals surface area contributed by atoms with Crippen LogP contribution in [0.2, 0.25) is 0 Å². The third kappa shape index (κ3) is 4.01. The Labute approximate surface area is 142 Å². The normalized spacial score (nSPS) is 16.8. The van der Waals surface area contributed by atoms with Crippen molar-refractivity contribution in [3.63, 3.8) is 0 Å². The van der Waals surface area contributed by atoms with E-state index in [1.807, 2.05) is 54.6 Å². The lowest BCUT2D eigenvalue weighted by Gasteiger charge is -2.15. The van der Waals surface area contributed by atoms with E-state index in [4.69, 9.17) is 0 Å². The highest BCUT2D eigenvalue weighted by Crippen LogP contribution is 2.20. The van der Waals surface area contributed by atoms with E-state index in [9.17, 15) is 13.2 Å². The minimum atomic E-state index is -3.26. The van der Waals surface area contributed by atoms with Gasteiger partial charge in [0.2, 0.25) is 15.9 Å².